The molecule has 1 atom stereocenters. The van der Waals surface area contributed by atoms with Gasteiger partial charge in [0.1, 0.15) is 0 Å². The van der Waals surface area contributed by atoms with E-state index in [4.69, 9.17) is 5.73 Å². The average Bonchev–Trinajstić information content (AvgIpc) is 2.47. The molecule has 2 heteroatoms. The molecule has 1 saturated carbocycles. The molecular formula is C18H28N2. The highest BCUT2D eigenvalue weighted by atomic mass is 14.9. The summed E-state index contributed by atoms with van der Waals surface area (Å²) in [5, 5.41) is 3.59. The Balaban J connectivity index is 1.64. The Morgan fingerprint density at radius 1 is 1.20 bits per heavy atom. The van der Waals surface area contributed by atoms with E-state index in [9.17, 15) is 0 Å². The Hall–Kier alpha value is -1.28. The Kier molecular flexibility index (Phi) is 6.13. The summed E-state index contributed by atoms with van der Waals surface area (Å²) in [6.45, 7) is 4.16. The van der Waals surface area contributed by atoms with E-state index in [0.717, 1.165) is 19.3 Å². The fourth-order valence-corrected chi connectivity index (χ4v) is 2.99. The third kappa shape index (κ3) is 5.38. The fraction of sp³-hybridized carbons (Fsp3) is 0.556. The van der Waals surface area contributed by atoms with Gasteiger partial charge in [-0.3, -0.25) is 0 Å². The van der Waals surface area contributed by atoms with E-state index in [-0.39, 0.29) is 6.04 Å². The molecule has 1 fully saturated rings. The van der Waals surface area contributed by atoms with E-state index in [1.165, 1.54) is 43.4 Å². The first-order valence-electron chi connectivity index (χ1n) is 7.98. The first-order valence-corrected chi connectivity index (χ1v) is 7.98. The van der Waals surface area contributed by atoms with Crippen molar-refractivity contribution in [2.45, 2.75) is 63.5 Å². The standard InChI is InChI=1S/C18H28N2/c1-15(20-18-10-6-3-7-11-18)12-13-17(19)14-16-8-4-2-5-9-16/h2,4-5,8-9,17-18,20H,1,3,6-7,10-14,19H2/t17-/m1/s1. The molecule has 0 aliphatic heterocycles. The van der Waals surface area contributed by atoms with Crippen LogP contribution >= 0.6 is 0 Å². The highest BCUT2D eigenvalue weighted by Crippen LogP contribution is 2.19. The van der Waals surface area contributed by atoms with Gasteiger partial charge in [0, 0.05) is 17.8 Å². The van der Waals surface area contributed by atoms with Gasteiger partial charge in [-0.2, -0.15) is 0 Å². The van der Waals surface area contributed by atoms with Crippen molar-refractivity contribution >= 4 is 0 Å². The topological polar surface area (TPSA) is 38.0 Å². The Morgan fingerprint density at radius 3 is 2.60 bits per heavy atom. The minimum Gasteiger partial charge on any atom is -0.386 e. The number of hydrogen-bond acceptors (Lipinski definition) is 2. The van der Waals surface area contributed by atoms with Crippen molar-refractivity contribution in [2.75, 3.05) is 0 Å². The van der Waals surface area contributed by atoms with E-state index >= 15 is 0 Å². The van der Waals surface area contributed by atoms with Crippen LogP contribution in [-0.4, -0.2) is 12.1 Å². The van der Waals surface area contributed by atoms with E-state index in [1.807, 2.05) is 6.07 Å². The molecule has 0 unspecified atom stereocenters. The first-order chi connectivity index (χ1) is 9.74. The number of rotatable bonds is 7. The molecule has 3 N–H and O–H groups in total. The van der Waals surface area contributed by atoms with Gasteiger partial charge < -0.3 is 11.1 Å². The van der Waals surface area contributed by atoms with Gasteiger partial charge in [0.25, 0.3) is 0 Å². The summed E-state index contributed by atoms with van der Waals surface area (Å²) in [7, 11) is 0. The van der Waals surface area contributed by atoms with Crippen molar-refractivity contribution in [3.8, 4) is 0 Å². The molecule has 0 bridgehead atoms. The molecule has 0 heterocycles. The summed E-state index contributed by atoms with van der Waals surface area (Å²) in [6.07, 6.45) is 9.67. The Morgan fingerprint density at radius 2 is 1.90 bits per heavy atom. The summed E-state index contributed by atoms with van der Waals surface area (Å²) in [5.41, 5.74) is 8.71. The molecule has 1 aromatic carbocycles. The average molecular weight is 272 g/mol. The largest absolute Gasteiger partial charge is 0.386 e. The van der Waals surface area contributed by atoms with Crippen LogP contribution in [0, 0.1) is 0 Å². The van der Waals surface area contributed by atoms with Crippen LogP contribution in [0.5, 0.6) is 0 Å². The Bertz CT molecular complexity index is 393. The minimum atomic E-state index is 0.224. The van der Waals surface area contributed by atoms with Gasteiger partial charge in [0.05, 0.1) is 0 Å². The number of allylic oxidation sites excluding steroid dienone is 1. The molecule has 0 aromatic heterocycles. The van der Waals surface area contributed by atoms with Crippen molar-refractivity contribution in [3.05, 3.63) is 48.2 Å². The third-order valence-corrected chi connectivity index (χ3v) is 4.17. The summed E-state index contributed by atoms with van der Waals surface area (Å²) in [4.78, 5) is 0. The van der Waals surface area contributed by atoms with Crippen molar-refractivity contribution in [2.24, 2.45) is 5.73 Å². The molecule has 0 radical (unpaired) electrons. The molecule has 20 heavy (non-hydrogen) atoms. The lowest BCUT2D eigenvalue weighted by Gasteiger charge is -2.25. The fourth-order valence-electron chi connectivity index (χ4n) is 2.99. The lowest BCUT2D eigenvalue weighted by atomic mass is 9.95. The van der Waals surface area contributed by atoms with Crippen LogP contribution in [-0.2, 0) is 6.42 Å². The summed E-state index contributed by atoms with van der Waals surface area (Å²) in [5.74, 6) is 0. The summed E-state index contributed by atoms with van der Waals surface area (Å²) < 4.78 is 0. The van der Waals surface area contributed by atoms with Crippen LogP contribution in [0.4, 0.5) is 0 Å². The zero-order valence-corrected chi connectivity index (χ0v) is 12.5. The second kappa shape index (κ2) is 8.11. The molecule has 0 spiro atoms. The van der Waals surface area contributed by atoms with Gasteiger partial charge in [0.15, 0.2) is 0 Å². The maximum absolute atomic E-state index is 6.22. The van der Waals surface area contributed by atoms with Crippen molar-refractivity contribution < 1.29 is 0 Å². The lowest BCUT2D eigenvalue weighted by molar-refractivity contribution is 0.391. The maximum atomic E-state index is 6.22. The number of hydrogen-bond donors (Lipinski definition) is 2. The van der Waals surface area contributed by atoms with Gasteiger partial charge in [0.2, 0.25) is 0 Å². The predicted molar refractivity (Wildman–Crippen MR) is 86.5 cm³/mol. The Labute approximate surface area is 123 Å². The van der Waals surface area contributed by atoms with Gasteiger partial charge in [-0.05, 0) is 37.7 Å². The van der Waals surface area contributed by atoms with E-state index in [1.54, 1.807) is 0 Å². The zero-order chi connectivity index (χ0) is 14.2. The van der Waals surface area contributed by atoms with E-state index in [2.05, 4.69) is 36.2 Å². The van der Waals surface area contributed by atoms with Crippen LogP contribution in [0.1, 0.15) is 50.5 Å². The molecule has 1 aromatic rings. The molecule has 0 saturated heterocycles. The van der Waals surface area contributed by atoms with E-state index in [0.29, 0.717) is 6.04 Å². The van der Waals surface area contributed by atoms with E-state index < -0.39 is 0 Å². The number of benzene rings is 1. The second-order valence-electron chi connectivity index (χ2n) is 6.07. The number of nitrogens with one attached hydrogen (secondary N) is 1. The molecule has 2 nitrogen and oxygen atoms in total. The zero-order valence-electron chi connectivity index (χ0n) is 12.5. The van der Waals surface area contributed by atoms with Crippen LogP contribution in [0.3, 0.4) is 0 Å². The monoisotopic (exact) mass is 272 g/mol. The third-order valence-electron chi connectivity index (χ3n) is 4.17. The van der Waals surface area contributed by atoms with Gasteiger partial charge in [-0.15, -0.1) is 0 Å². The van der Waals surface area contributed by atoms with Crippen molar-refractivity contribution in [1.29, 1.82) is 0 Å². The predicted octanol–water partition coefficient (Wildman–Crippen LogP) is 3.77. The van der Waals surface area contributed by atoms with Crippen LogP contribution in [0.25, 0.3) is 0 Å². The molecule has 1 aliphatic rings. The van der Waals surface area contributed by atoms with Crippen LogP contribution in [0.2, 0.25) is 0 Å². The van der Waals surface area contributed by atoms with Crippen LogP contribution in [0.15, 0.2) is 42.6 Å². The highest BCUT2D eigenvalue weighted by Gasteiger charge is 2.13. The summed E-state index contributed by atoms with van der Waals surface area (Å²) >= 11 is 0. The quantitative estimate of drug-likeness (QED) is 0.793. The SMILES string of the molecule is C=C(CC[C@@H](N)Cc1ccccc1)NC1CCCCC1. The molecular weight excluding hydrogens is 244 g/mol. The van der Waals surface area contributed by atoms with Gasteiger partial charge in [-0.1, -0.05) is 56.2 Å². The van der Waals surface area contributed by atoms with Crippen LogP contribution < -0.4 is 11.1 Å². The second-order valence-corrected chi connectivity index (χ2v) is 6.07. The molecule has 0 amide bonds. The molecule has 110 valence electrons. The van der Waals surface area contributed by atoms with Gasteiger partial charge in [-0.25, -0.2) is 0 Å². The first kappa shape index (κ1) is 15.1. The van der Waals surface area contributed by atoms with Crippen molar-refractivity contribution in [1.82, 2.24) is 5.32 Å². The smallest absolute Gasteiger partial charge is 0.0258 e. The van der Waals surface area contributed by atoms with Gasteiger partial charge >= 0.3 is 0 Å². The molecule has 2 rings (SSSR count). The van der Waals surface area contributed by atoms with Crippen molar-refractivity contribution in [3.63, 3.8) is 0 Å². The minimum absolute atomic E-state index is 0.224. The highest BCUT2D eigenvalue weighted by molar-refractivity contribution is 5.15. The summed E-state index contributed by atoms with van der Waals surface area (Å²) in [6, 6.07) is 11.4. The molecule has 1 aliphatic carbocycles. The lowest BCUT2D eigenvalue weighted by Crippen LogP contribution is -2.31. The number of nitrogens with two attached hydrogens (primary N) is 1. The normalized spacial score (nSPS) is 17.6. The maximum Gasteiger partial charge on any atom is 0.0258 e.